The highest BCUT2D eigenvalue weighted by Gasteiger charge is 2.32. The molecular formula is C9H16O3Si. The van der Waals surface area contributed by atoms with Gasteiger partial charge >= 0.3 is 0 Å². The first-order chi connectivity index (χ1) is 6.29. The summed E-state index contributed by atoms with van der Waals surface area (Å²) in [6.07, 6.45) is 1.16. The van der Waals surface area contributed by atoms with E-state index in [0.717, 1.165) is 29.0 Å². The van der Waals surface area contributed by atoms with E-state index in [1.165, 1.54) is 0 Å². The minimum atomic E-state index is -0.711. The molecule has 0 aromatic carbocycles. The highest BCUT2D eigenvalue weighted by Crippen LogP contribution is 2.23. The van der Waals surface area contributed by atoms with Crippen LogP contribution in [0.15, 0.2) is 11.1 Å². The van der Waals surface area contributed by atoms with Crippen molar-refractivity contribution in [1.82, 2.24) is 0 Å². The number of ether oxygens (including phenoxy) is 3. The molecule has 13 heavy (non-hydrogen) atoms. The summed E-state index contributed by atoms with van der Waals surface area (Å²) in [7, 11) is 4.33. The van der Waals surface area contributed by atoms with Crippen molar-refractivity contribution in [1.29, 1.82) is 0 Å². The molecule has 1 rings (SSSR count). The van der Waals surface area contributed by atoms with Gasteiger partial charge < -0.3 is 14.2 Å². The van der Waals surface area contributed by atoms with E-state index in [-0.39, 0.29) is 0 Å². The van der Waals surface area contributed by atoms with Crippen molar-refractivity contribution in [3.8, 4) is 0 Å². The van der Waals surface area contributed by atoms with E-state index in [4.69, 9.17) is 14.2 Å². The second-order valence-electron chi connectivity index (χ2n) is 2.83. The summed E-state index contributed by atoms with van der Waals surface area (Å²) < 4.78 is 15.8. The van der Waals surface area contributed by atoms with Crippen molar-refractivity contribution in [3.05, 3.63) is 11.1 Å². The Hall–Kier alpha value is -0.773. The Morgan fingerprint density at radius 1 is 1.08 bits per heavy atom. The van der Waals surface area contributed by atoms with Crippen molar-refractivity contribution in [2.24, 2.45) is 0 Å². The molecule has 0 unspecified atom stereocenters. The molecule has 0 N–H and O–H groups in total. The molecule has 0 amide bonds. The maximum atomic E-state index is 5.29. The second-order valence-corrected chi connectivity index (χ2v) is 5.19. The molecule has 4 heteroatoms. The Labute approximate surface area is 80.5 Å². The summed E-state index contributed by atoms with van der Waals surface area (Å²) in [6.45, 7) is 2.17. The average molecular weight is 200 g/mol. The zero-order valence-corrected chi connectivity index (χ0v) is 9.64. The second kappa shape index (κ2) is 4.46. The first-order valence-corrected chi connectivity index (χ1v) is 6.10. The number of rotatable bonds is 5. The number of hydrogen-bond acceptors (Lipinski definition) is 3. The summed E-state index contributed by atoms with van der Waals surface area (Å²) in [6, 6.07) is 1.16. The van der Waals surface area contributed by atoms with Gasteiger partial charge in [-0.25, -0.2) is 0 Å². The zero-order valence-electron chi connectivity index (χ0n) is 8.64. The predicted octanol–water partition coefficient (Wildman–Crippen LogP) is 1.31. The molecule has 0 spiro atoms. The van der Waals surface area contributed by atoms with Crippen molar-refractivity contribution >= 4 is 13.8 Å². The van der Waals surface area contributed by atoms with Gasteiger partial charge in [0.25, 0.3) is 0 Å². The van der Waals surface area contributed by atoms with Gasteiger partial charge in [-0.05, 0) is 6.04 Å². The lowest BCUT2D eigenvalue weighted by Gasteiger charge is -2.26. The lowest BCUT2D eigenvalue weighted by atomic mass is 10.5. The van der Waals surface area contributed by atoms with Crippen LogP contribution in [0.4, 0.5) is 0 Å². The van der Waals surface area contributed by atoms with Gasteiger partial charge in [0.05, 0.1) is 21.3 Å². The molecule has 3 nitrogen and oxygen atoms in total. The van der Waals surface area contributed by atoms with E-state index in [0.29, 0.717) is 0 Å². The maximum Gasteiger partial charge on any atom is 0.192 e. The highest BCUT2D eigenvalue weighted by atomic mass is 28.2. The molecule has 74 valence electrons. The van der Waals surface area contributed by atoms with Gasteiger partial charge in [-0.1, -0.05) is 13.3 Å². The van der Waals surface area contributed by atoms with Gasteiger partial charge in [-0.2, -0.15) is 0 Å². The van der Waals surface area contributed by atoms with E-state index in [2.05, 4.69) is 6.92 Å². The van der Waals surface area contributed by atoms with Crippen molar-refractivity contribution in [2.45, 2.75) is 19.4 Å². The quantitative estimate of drug-likeness (QED) is 0.626. The number of hydrogen-bond donors (Lipinski definition) is 0. The van der Waals surface area contributed by atoms with Crippen molar-refractivity contribution in [2.75, 3.05) is 21.3 Å². The highest BCUT2D eigenvalue weighted by molar-refractivity contribution is 6.82. The van der Waals surface area contributed by atoms with Gasteiger partial charge in [0, 0.05) is 0 Å². The van der Waals surface area contributed by atoms with Crippen LogP contribution in [0.25, 0.3) is 0 Å². The van der Waals surface area contributed by atoms with Crippen LogP contribution >= 0.6 is 0 Å². The monoisotopic (exact) mass is 200 g/mol. The molecule has 0 bridgehead atoms. The summed E-state index contributed by atoms with van der Waals surface area (Å²) in [5.74, 6) is 0.812. The van der Waals surface area contributed by atoms with Gasteiger partial charge in [0.15, 0.2) is 14.2 Å². The fourth-order valence-electron chi connectivity index (χ4n) is 1.51. The van der Waals surface area contributed by atoms with Crippen LogP contribution in [-0.2, 0) is 14.2 Å². The molecule has 0 atom stereocenters. The minimum absolute atomic E-state index is 0.711. The molecule has 0 radical (unpaired) electrons. The Balaban J connectivity index is 2.79. The van der Waals surface area contributed by atoms with Gasteiger partial charge in [0.2, 0.25) is 0 Å². The average Bonchev–Trinajstić information content (AvgIpc) is 2.13. The molecule has 0 saturated heterocycles. The van der Waals surface area contributed by atoms with Crippen LogP contribution in [0, 0.1) is 0 Å². The van der Waals surface area contributed by atoms with Crippen LogP contribution in [0.1, 0.15) is 13.3 Å². The Morgan fingerprint density at radius 2 is 1.77 bits per heavy atom. The van der Waals surface area contributed by atoms with Crippen LogP contribution in [-0.4, -0.2) is 35.1 Å². The molecule has 1 heterocycles. The molecule has 0 aromatic rings. The molecule has 0 aromatic heterocycles. The molecular weight excluding hydrogens is 184 g/mol. The predicted molar refractivity (Wildman–Crippen MR) is 53.9 cm³/mol. The minimum Gasteiger partial charge on any atom is -0.498 e. The molecule has 1 aliphatic rings. The van der Waals surface area contributed by atoms with E-state index in [1.807, 2.05) is 0 Å². The molecule has 1 aliphatic heterocycles. The van der Waals surface area contributed by atoms with Gasteiger partial charge in [-0.3, -0.25) is 0 Å². The van der Waals surface area contributed by atoms with Gasteiger partial charge in [0.1, 0.15) is 10.7 Å². The maximum absolute atomic E-state index is 5.29. The van der Waals surface area contributed by atoms with E-state index >= 15 is 0 Å². The van der Waals surface area contributed by atoms with Crippen LogP contribution in [0.3, 0.4) is 0 Å². The lowest BCUT2D eigenvalue weighted by molar-refractivity contribution is 0.234. The van der Waals surface area contributed by atoms with E-state index in [9.17, 15) is 0 Å². The largest absolute Gasteiger partial charge is 0.498 e. The molecule has 0 aliphatic carbocycles. The van der Waals surface area contributed by atoms with Crippen LogP contribution < -0.4 is 0 Å². The first-order valence-electron chi connectivity index (χ1n) is 4.40. The fraction of sp³-hybridized carbons (Fsp3) is 0.667. The smallest absolute Gasteiger partial charge is 0.192 e. The third-order valence-electron chi connectivity index (χ3n) is 2.07. The Bertz CT molecular complexity index is 256. The normalized spacial score (nSPS) is 15.7. The van der Waals surface area contributed by atoms with Crippen molar-refractivity contribution < 1.29 is 14.2 Å². The first kappa shape index (κ1) is 10.3. The third kappa shape index (κ3) is 1.63. The fourth-order valence-corrected chi connectivity index (χ4v) is 3.96. The third-order valence-corrected chi connectivity index (χ3v) is 5.03. The summed E-state index contributed by atoms with van der Waals surface area (Å²) in [5.41, 5.74) is 0. The zero-order chi connectivity index (χ0) is 9.84. The lowest BCUT2D eigenvalue weighted by Crippen LogP contribution is -2.35. The summed E-state index contributed by atoms with van der Waals surface area (Å²) in [4.78, 5) is 0. The van der Waals surface area contributed by atoms with Crippen LogP contribution in [0.5, 0.6) is 0 Å². The Kier molecular flexibility index (Phi) is 3.54. The summed E-state index contributed by atoms with van der Waals surface area (Å²) in [5, 5.41) is 2.04. The van der Waals surface area contributed by atoms with Gasteiger partial charge in [-0.15, -0.1) is 0 Å². The Morgan fingerprint density at radius 3 is 2.15 bits per heavy atom. The van der Waals surface area contributed by atoms with E-state index < -0.39 is 8.41 Å². The standard InChI is InChI=1S/C9H16O3Si/c1-5-6-13-8(11-3)7(10-2)9(13)12-4/h5-6H2,1-4H3. The molecule has 0 fully saturated rings. The van der Waals surface area contributed by atoms with Crippen molar-refractivity contribution in [3.63, 3.8) is 0 Å². The molecule has 0 saturated carbocycles. The van der Waals surface area contributed by atoms with E-state index in [1.54, 1.807) is 21.3 Å². The topological polar surface area (TPSA) is 27.7 Å². The summed E-state index contributed by atoms with van der Waals surface area (Å²) >= 11 is 0. The number of methoxy groups -OCH3 is 3. The SMILES string of the molecule is CCC[Si]1=C(OC)C(OC)=C1OC. The van der Waals surface area contributed by atoms with Crippen LogP contribution in [0.2, 0.25) is 6.04 Å².